The molecule has 0 aromatic rings. The van der Waals surface area contributed by atoms with E-state index in [2.05, 4.69) is 10.6 Å². The van der Waals surface area contributed by atoms with E-state index < -0.39 is 47.9 Å². The summed E-state index contributed by atoms with van der Waals surface area (Å²) in [5.74, 6) is -3.84. The average molecular weight is 304 g/mol. The summed E-state index contributed by atoms with van der Waals surface area (Å²) in [6.45, 7) is 4.81. The highest BCUT2D eigenvalue weighted by atomic mass is 16.4. The standard InChI is InChI=1S/C12H20N2O7/c1-12(2,3)8(10(19)20)14-11(21)13-6(9(17)18)4-5-7(15)16/h6,8H,4-5H2,1-3H3,(H,15,16)(H,17,18)(H,19,20)(H2,13,14,21). The van der Waals surface area contributed by atoms with Crippen LogP contribution < -0.4 is 10.6 Å². The summed E-state index contributed by atoms with van der Waals surface area (Å²) in [6.07, 6.45) is -0.732. The Hall–Kier alpha value is -2.32. The van der Waals surface area contributed by atoms with Crippen molar-refractivity contribution in [1.29, 1.82) is 0 Å². The van der Waals surface area contributed by atoms with Gasteiger partial charge in [-0.25, -0.2) is 14.4 Å². The third kappa shape index (κ3) is 7.14. The van der Waals surface area contributed by atoms with Crippen molar-refractivity contribution in [2.24, 2.45) is 5.41 Å². The predicted molar refractivity (Wildman–Crippen MR) is 70.8 cm³/mol. The Bertz CT molecular complexity index is 428. The highest BCUT2D eigenvalue weighted by Crippen LogP contribution is 2.19. The van der Waals surface area contributed by atoms with Crippen LogP contribution in [0.1, 0.15) is 33.6 Å². The maximum atomic E-state index is 11.7. The van der Waals surface area contributed by atoms with Gasteiger partial charge in [-0.05, 0) is 11.8 Å². The molecule has 9 heteroatoms. The first kappa shape index (κ1) is 18.7. The predicted octanol–water partition coefficient (Wildman–Crippen LogP) is 0.103. The Morgan fingerprint density at radius 2 is 1.48 bits per heavy atom. The minimum absolute atomic E-state index is 0.300. The van der Waals surface area contributed by atoms with Crippen LogP contribution >= 0.6 is 0 Å². The first-order chi connectivity index (χ1) is 9.45. The lowest BCUT2D eigenvalue weighted by Crippen LogP contribution is -2.55. The largest absolute Gasteiger partial charge is 0.481 e. The monoisotopic (exact) mass is 304 g/mol. The number of carboxylic acids is 3. The molecule has 5 N–H and O–H groups in total. The Kier molecular flexibility index (Phi) is 6.64. The molecule has 2 atom stereocenters. The summed E-state index contributed by atoms with van der Waals surface area (Å²) < 4.78 is 0. The summed E-state index contributed by atoms with van der Waals surface area (Å²) in [5.41, 5.74) is -0.775. The number of nitrogens with one attached hydrogen (secondary N) is 2. The number of carbonyl (C=O) groups excluding carboxylic acids is 1. The van der Waals surface area contributed by atoms with E-state index in [4.69, 9.17) is 15.3 Å². The van der Waals surface area contributed by atoms with Gasteiger partial charge >= 0.3 is 23.9 Å². The first-order valence-electron chi connectivity index (χ1n) is 6.19. The fraction of sp³-hybridized carbons (Fsp3) is 0.667. The molecule has 0 fully saturated rings. The van der Waals surface area contributed by atoms with Gasteiger partial charge in [-0.3, -0.25) is 4.79 Å². The second-order valence-corrected chi connectivity index (χ2v) is 5.58. The molecule has 0 aliphatic carbocycles. The van der Waals surface area contributed by atoms with E-state index in [1.54, 1.807) is 20.8 Å². The van der Waals surface area contributed by atoms with Crippen molar-refractivity contribution >= 4 is 23.9 Å². The van der Waals surface area contributed by atoms with Gasteiger partial charge in [-0.2, -0.15) is 0 Å². The molecule has 0 aromatic heterocycles. The maximum Gasteiger partial charge on any atom is 0.326 e. The number of carboxylic acid groups (broad SMARTS) is 3. The van der Waals surface area contributed by atoms with Gasteiger partial charge in [-0.15, -0.1) is 0 Å². The fourth-order valence-corrected chi connectivity index (χ4v) is 1.50. The lowest BCUT2D eigenvalue weighted by atomic mass is 9.87. The third-order valence-corrected chi connectivity index (χ3v) is 2.64. The number of aliphatic carboxylic acids is 3. The number of amides is 2. The van der Waals surface area contributed by atoms with Gasteiger partial charge in [0.1, 0.15) is 12.1 Å². The molecular weight excluding hydrogens is 284 g/mol. The minimum atomic E-state index is -1.41. The molecule has 0 saturated carbocycles. The number of rotatable bonds is 7. The lowest BCUT2D eigenvalue weighted by molar-refractivity contribution is -0.142. The van der Waals surface area contributed by atoms with Gasteiger partial charge in [0.05, 0.1) is 0 Å². The van der Waals surface area contributed by atoms with Crippen molar-refractivity contribution in [3.05, 3.63) is 0 Å². The van der Waals surface area contributed by atoms with Gasteiger partial charge in [0, 0.05) is 6.42 Å². The van der Waals surface area contributed by atoms with E-state index in [0.717, 1.165) is 0 Å². The molecule has 0 aliphatic heterocycles. The van der Waals surface area contributed by atoms with E-state index in [0.29, 0.717) is 0 Å². The van der Waals surface area contributed by atoms with Crippen molar-refractivity contribution in [3.63, 3.8) is 0 Å². The minimum Gasteiger partial charge on any atom is -0.481 e. The summed E-state index contributed by atoms with van der Waals surface area (Å²) in [5, 5.41) is 30.7. The summed E-state index contributed by atoms with van der Waals surface area (Å²) in [7, 11) is 0. The molecule has 0 bridgehead atoms. The van der Waals surface area contributed by atoms with E-state index in [-0.39, 0.29) is 6.42 Å². The van der Waals surface area contributed by atoms with E-state index >= 15 is 0 Å². The van der Waals surface area contributed by atoms with Crippen molar-refractivity contribution in [3.8, 4) is 0 Å². The Balaban J connectivity index is 4.72. The Morgan fingerprint density at radius 1 is 0.952 bits per heavy atom. The fourth-order valence-electron chi connectivity index (χ4n) is 1.50. The number of hydrogen-bond donors (Lipinski definition) is 5. The molecule has 21 heavy (non-hydrogen) atoms. The van der Waals surface area contributed by atoms with Crippen molar-refractivity contribution < 1.29 is 34.5 Å². The van der Waals surface area contributed by atoms with Crippen LogP contribution in [-0.2, 0) is 14.4 Å². The molecule has 0 spiro atoms. The van der Waals surface area contributed by atoms with E-state index in [9.17, 15) is 19.2 Å². The quantitative estimate of drug-likeness (QED) is 0.447. The van der Waals surface area contributed by atoms with Crippen LogP contribution in [0.25, 0.3) is 0 Å². The highest BCUT2D eigenvalue weighted by molar-refractivity contribution is 5.86. The van der Waals surface area contributed by atoms with Gasteiger partial charge < -0.3 is 26.0 Å². The lowest BCUT2D eigenvalue weighted by Gasteiger charge is -2.28. The number of hydrogen-bond acceptors (Lipinski definition) is 4. The second-order valence-electron chi connectivity index (χ2n) is 5.58. The smallest absolute Gasteiger partial charge is 0.326 e. The molecule has 0 saturated heterocycles. The van der Waals surface area contributed by atoms with Crippen LogP contribution in [0.15, 0.2) is 0 Å². The zero-order valence-corrected chi connectivity index (χ0v) is 12.0. The molecule has 0 rings (SSSR count). The van der Waals surface area contributed by atoms with Crippen LogP contribution in [0.5, 0.6) is 0 Å². The van der Waals surface area contributed by atoms with Gasteiger partial charge in [0.2, 0.25) is 0 Å². The van der Waals surface area contributed by atoms with Crippen molar-refractivity contribution in [1.82, 2.24) is 10.6 Å². The average Bonchev–Trinajstić information content (AvgIpc) is 2.28. The summed E-state index contributed by atoms with van der Waals surface area (Å²) in [4.78, 5) is 44.1. The van der Waals surface area contributed by atoms with E-state index in [1.807, 2.05) is 0 Å². The second kappa shape index (κ2) is 7.46. The summed E-state index contributed by atoms with van der Waals surface area (Å²) in [6, 6.07) is -3.60. The molecule has 2 amide bonds. The summed E-state index contributed by atoms with van der Waals surface area (Å²) >= 11 is 0. The van der Waals surface area contributed by atoms with Crippen LogP contribution in [0.4, 0.5) is 4.79 Å². The number of urea groups is 1. The molecule has 0 radical (unpaired) electrons. The zero-order chi connectivity index (χ0) is 16.8. The molecule has 0 heterocycles. The first-order valence-corrected chi connectivity index (χ1v) is 6.19. The van der Waals surface area contributed by atoms with Gasteiger partial charge in [-0.1, -0.05) is 20.8 Å². The van der Waals surface area contributed by atoms with Crippen LogP contribution in [0, 0.1) is 5.41 Å². The van der Waals surface area contributed by atoms with Crippen LogP contribution in [0.2, 0.25) is 0 Å². The molecular formula is C12H20N2O7. The zero-order valence-electron chi connectivity index (χ0n) is 12.0. The van der Waals surface area contributed by atoms with E-state index in [1.165, 1.54) is 0 Å². The number of carbonyl (C=O) groups is 4. The van der Waals surface area contributed by atoms with Crippen LogP contribution in [0.3, 0.4) is 0 Å². The van der Waals surface area contributed by atoms with Gasteiger partial charge in [0.25, 0.3) is 0 Å². The van der Waals surface area contributed by atoms with Crippen LogP contribution in [-0.4, -0.2) is 51.3 Å². The molecule has 0 aliphatic rings. The molecule has 2 unspecified atom stereocenters. The maximum absolute atomic E-state index is 11.7. The third-order valence-electron chi connectivity index (χ3n) is 2.64. The Labute approximate surface area is 121 Å². The Morgan fingerprint density at radius 3 is 1.81 bits per heavy atom. The normalized spacial score (nSPS) is 13.9. The molecule has 0 aromatic carbocycles. The SMILES string of the molecule is CC(C)(C)C(NC(=O)NC(CCC(=O)O)C(=O)O)C(=O)O. The topological polar surface area (TPSA) is 153 Å². The van der Waals surface area contributed by atoms with Crippen molar-refractivity contribution in [2.75, 3.05) is 0 Å². The molecule has 9 nitrogen and oxygen atoms in total. The highest BCUT2D eigenvalue weighted by Gasteiger charge is 2.33. The van der Waals surface area contributed by atoms with Crippen molar-refractivity contribution in [2.45, 2.75) is 45.7 Å². The van der Waals surface area contributed by atoms with Gasteiger partial charge in [0.15, 0.2) is 0 Å². The molecule has 120 valence electrons.